The number of fused-ring (bicyclic) bond motifs is 1. The smallest absolute Gasteiger partial charge is 0.239 e. The van der Waals surface area contributed by atoms with Gasteiger partial charge < -0.3 is 0 Å². The molecule has 0 spiro atoms. The van der Waals surface area contributed by atoms with Crippen molar-refractivity contribution in [3.8, 4) is 0 Å². The molecule has 0 N–H and O–H groups in total. The fraction of sp³-hybridized carbons (Fsp3) is 0.333. The van der Waals surface area contributed by atoms with E-state index in [0.717, 1.165) is 10.7 Å². The van der Waals surface area contributed by atoms with Crippen molar-refractivity contribution in [2.45, 2.75) is 29.5 Å². The van der Waals surface area contributed by atoms with E-state index in [9.17, 15) is 26.0 Å². The van der Waals surface area contributed by atoms with Gasteiger partial charge in [0.05, 0.1) is 11.1 Å². The topological polar surface area (TPSA) is 64.8 Å². The molecule has 1 aliphatic rings. The zero-order valence-electron chi connectivity index (χ0n) is 11.1. The first-order chi connectivity index (χ1) is 10.7. The minimum Gasteiger partial charge on any atom is -0.239 e. The molecule has 2 aromatic rings. The van der Waals surface area contributed by atoms with Crippen LogP contribution in [0.2, 0.25) is 5.02 Å². The van der Waals surface area contributed by atoms with Crippen molar-refractivity contribution in [1.29, 1.82) is 0 Å². The summed E-state index contributed by atoms with van der Waals surface area (Å²) >= 11 is 5.84. The van der Waals surface area contributed by atoms with Gasteiger partial charge in [-0.3, -0.25) is 0 Å². The van der Waals surface area contributed by atoms with Gasteiger partial charge >= 0.3 is 5.76 Å². The maximum absolute atomic E-state index is 14.0. The number of rotatable bonds is 3. The molecule has 3 rings (SSSR count). The summed E-state index contributed by atoms with van der Waals surface area (Å²) in [4.78, 5) is 3.36. The van der Waals surface area contributed by atoms with E-state index in [1.165, 1.54) is 12.1 Å². The van der Waals surface area contributed by atoms with Crippen molar-refractivity contribution < 1.29 is 26.0 Å². The van der Waals surface area contributed by atoms with Crippen LogP contribution >= 0.6 is 11.6 Å². The lowest BCUT2D eigenvalue weighted by molar-refractivity contribution is 0.233. The second kappa shape index (κ2) is 5.45. The van der Waals surface area contributed by atoms with Crippen LogP contribution in [0.4, 0.5) is 17.6 Å². The molecule has 0 saturated carbocycles. The second-order valence-corrected chi connectivity index (χ2v) is 7.05. The number of alkyl halides is 3. The minimum atomic E-state index is -5.05. The van der Waals surface area contributed by atoms with Crippen LogP contribution in [0.1, 0.15) is 30.0 Å². The van der Waals surface area contributed by atoms with E-state index in [0.29, 0.717) is 0 Å². The van der Waals surface area contributed by atoms with Crippen LogP contribution in [-0.2, 0) is 9.84 Å². The van der Waals surface area contributed by atoms with Crippen molar-refractivity contribution in [2.24, 2.45) is 0 Å². The number of halogens is 5. The summed E-state index contributed by atoms with van der Waals surface area (Å²) in [5.74, 6) is -4.87. The fourth-order valence-corrected chi connectivity index (χ4v) is 3.23. The molecule has 1 aromatic carbocycles. The molecule has 0 radical (unpaired) electrons. The first-order valence-electron chi connectivity index (χ1n) is 6.30. The van der Waals surface area contributed by atoms with E-state index in [4.69, 9.17) is 11.6 Å². The Kier molecular flexibility index (Phi) is 3.83. The zero-order valence-corrected chi connectivity index (χ0v) is 12.7. The van der Waals surface area contributed by atoms with Crippen LogP contribution in [0.5, 0.6) is 0 Å². The molecule has 11 heteroatoms. The molecule has 1 aliphatic heterocycles. The van der Waals surface area contributed by atoms with Gasteiger partial charge in [0.1, 0.15) is 5.82 Å². The second-order valence-electron chi connectivity index (χ2n) is 4.86. The number of hydrogen-bond donors (Lipinski definition) is 0. The van der Waals surface area contributed by atoms with Gasteiger partial charge in [0.25, 0.3) is 15.0 Å². The summed E-state index contributed by atoms with van der Waals surface area (Å²) < 4.78 is 76.4. The SMILES string of the molecule is O=S(=O)(c1nc2n(n1)[C@H](c1cccc(F)c1Cl)C[C@@H]2F)C(F)F. The first kappa shape index (κ1) is 16.2. The van der Waals surface area contributed by atoms with Gasteiger partial charge in [-0.1, -0.05) is 23.7 Å². The quantitative estimate of drug-likeness (QED) is 0.780. The van der Waals surface area contributed by atoms with E-state index in [-0.39, 0.29) is 17.0 Å². The molecule has 2 heterocycles. The molecule has 2 atom stereocenters. The number of hydrogen-bond acceptors (Lipinski definition) is 4. The summed E-state index contributed by atoms with van der Waals surface area (Å²) in [6, 6.07) is 2.93. The highest BCUT2D eigenvalue weighted by Gasteiger charge is 2.40. The van der Waals surface area contributed by atoms with Gasteiger partial charge in [-0.05, 0) is 11.6 Å². The van der Waals surface area contributed by atoms with Crippen LogP contribution in [0.15, 0.2) is 23.4 Å². The van der Waals surface area contributed by atoms with Crippen LogP contribution in [0, 0.1) is 5.82 Å². The summed E-state index contributed by atoms with van der Waals surface area (Å²) in [6.07, 6.45) is -1.93. The third-order valence-corrected chi connectivity index (χ3v) is 5.02. The maximum Gasteiger partial charge on any atom is 0.344 e. The van der Waals surface area contributed by atoms with Gasteiger partial charge in [-0.15, -0.1) is 5.10 Å². The van der Waals surface area contributed by atoms with Gasteiger partial charge in [-0.25, -0.2) is 21.9 Å². The van der Waals surface area contributed by atoms with Crippen molar-refractivity contribution >= 4 is 21.4 Å². The highest BCUT2D eigenvalue weighted by molar-refractivity contribution is 7.91. The molecule has 0 bridgehead atoms. The Labute approximate surface area is 132 Å². The Morgan fingerprint density at radius 1 is 1.35 bits per heavy atom. The highest BCUT2D eigenvalue weighted by atomic mass is 35.5. The lowest BCUT2D eigenvalue weighted by Crippen LogP contribution is -2.15. The molecule has 0 aliphatic carbocycles. The van der Waals surface area contributed by atoms with E-state index < -0.39 is 44.6 Å². The number of sulfone groups is 1. The summed E-state index contributed by atoms with van der Waals surface area (Å²) in [5, 5.41) is 2.04. The predicted octanol–water partition coefficient (Wildman–Crippen LogP) is 3.07. The van der Waals surface area contributed by atoms with E-state index in [1.54, 1.807) is 0 Å². The molecular weight excluding hydrogens is 362 g/mol. The summed E-state index contributed by atoms with van der Waals surface area (Å²) in [5.41, 5.74) is 0.166. The molecule has 5 nitrogen and oxygen atoms in total. The molecule has 23 heavy (non-hydrogen) atoms. The Balaban J connectivity index is 2.11. The third-order valence-electron chi connectivity index (χ3n) is 3.47. The molecule has 0 amide bonds. The molecule has 0 fully saturated rings. The van der Waals surface area contributed by atoms with Crippen molar-refractivity contribution in [3.05, 3.63) is 40.4 Å². The first-order valence-corrected chi connectivity index (χ1v) is 8.22. The lowest BCUT2D eigenvalue weighted by atomic mass is 10.0. The number of benzene rings is 1. The predicted molar refractivity (Wildman–Crippen MR) is 71.2 cm³/mol. The Morgan fingerprint density at radius 2 is 2.04 bits per heavy atom. The van der Waals surface area contributed by atoms with Crippen LogP contribution in [0.3, 0.4) is 0 Å². The summed E-state index contributed by atoms with van der Waals surface area (Å²) in [6.45, 7) is 0. The Bertz CT molecular complexity index is 871. The van der Waals surface area contributed by atoms with E-state index in [1.807, 2.05) is 0 Å². The largest absolute Gasteiger partial charge is 0.344 e. The van der Waals surface area contributed by atoms with Crippen LogP contribution in [0.25, 0.3) is 0 Å². The van der Waals surface area contributed by atoms with Gasteiger partial charge in [-0.2, -0.15) is 13.8 Å². The fourth-order valence-electron chi connectivity index (χ4n) is 2.40. The number of nitrogens with zero attached hydrogens (tertiary/aromatic N) is 3. The maximum atomic E-state index is 14.0. The normalized spacial score (nSPS) is 21.0. The van der Waals surface area contributed by atoms with Crippen molar-refractivity contribution in [3.63, 3.8) is 0 Å². The van der Waals surface area contributed by atoms with Crippen molar-refractivity contribution in [1.82, 2.24) is 14.8 Å². The molecule has 1 aromatic heterocycles. The average molecular weight is 370 g/mol. The highest BCUT2D eigenvalue weighted by Crippen LogP contribution is 2.42. The third kappa shape index (κ3) is 2.49. The monoisotopic (exact) mass is 369 g/mol. The molecule has 0 unspecified atom stereocenters. The zero-order chi connectivity index (χ0) is 16.9. The van der Waals surface area contributed by atoms with Gasteiger partial charge in [0.15, 0.2) is 12.0 Å². The Morgan fingerprint density at radius 3 is 2.70 bits per heavy atom. The molecular formula is C12H8ClF4N3O2S. The van der Waals surface area contributed by atoms with Crippen molar-refractivity contribution in [2.75, 3.05) is 0 Å². The van der Waals surface area contributed by atoms with Crippen LogP contribution in [-0.4, -0.2) is 28.9 Å². The van der Waals surface area contributed by atoms with Gasteiger partial charge in [0.2, 0.25) is 0 Å². The standard InChI is InChI=1S/C12H8ClF4N3O2S/c13-9-5(2-1-3-6(9)14)8-4-7(15)10-18-12(19-20(8)10)23(21,22)11(16)17/h1-3,7-8,11H,4H2/t7-,8-/m0/s1. The molecule has 0 saturated heterocycles. The average Bonchev–Trinajstić information content (AvgIpc) is 3.04. The minimum absolute atomic E-state index is 0.166. The number of aromatic nitrogens is 3. The van der Waals surface area contributed by atoms with Crippen LogP contribution < -0.4 is 0 Å². The summed E-state index contributed by atoms with van der Waals surface area (Å²) in [7, 11) is -5.05. The van der Waals surface area contributed by atoms with E-state index >= 15 is 0 Å². The van der Waals surface area contributed by atoms with E-state index in [2.05, 4.69) is 10.1 Å². The molecule has 124 valence electrons. The lowest BCUT2D eigenvalue weighted by Gasteiger charge is -2.13. The Hall–Kier alpha value is -1.68. The van der Waals surface area contributed by atoms with Gasteiger partial charge in [0, 0.05) is 6.42 Å².